The largest absolute Gasteiger partial charge is 0.263 e. The Bertz CT molecular complexity index is 494. The van der Waals surface area contributed by atoms with Gasteiger partial charge in [0.25, 0.3) is 10.0 Å². The molecule has 0 spiro atoms. The van der Waals surface area contributed by atoms with Crippen molar-refractivity contribution in [3.8, 4) is 0 Å². The smallest absolute Gasteiger partial charge is 0.241 e. The molecular formula is C11H17FN2O2S2. The lowest BCUT2D eigenvalue weighted by Gasteiger charge is -2.23. The third-order valence-electron chi connectivity index (χ3n) is 2.71. The fourth-order valence-electron chi connectivity index (χ4n) is 1.40. The number of aromatic nitrogens is 1. The molecule has 1 rings (SSSR count). The van der Waals surface area contributed by atoms with Crippen LogP contribution in [0.25, 0.3) is 0 Å². The number of halogens is 1. The first-order valence-electron chi connectivity index (χ1n) is 5.48. The van der Waals surface area contributed by atoms with Gasteiger partial charge >= 0.3 is 0 Å². The molecule has 7 heteroatoms. The zero-order valence-electron chi connectivity index (χ0n) is 10.6. The third kappa shape index (κ3) is 3.43. The molecule has 1 aromatic rings. The molecule has 0 aromatic carbocycles. The number of sulfonamides is 1. The van der Waals surface area contributed by atoms with Crippen LogP contribution in [0.2, 0.25) is 0 Å². The lowest BCUT2D eigenvalue weighted by atomic mass is 10.3. The quantitative estimate of drug-likeness (QED) is 0.804. The van der Waals surface area contributed by atoms with Gasteiger partial charge < -0.3 is 0 Å². The maximum Gasteiger partial charge on any atom is 0.263 e. The molecule has 0 saturated heterocycles. The summed E-state index contributed by atoms with van der Waals surface area (Å²) in [6.07, 6.45) is 3.95. The minimum Gasteiger partial charge on any atom is -0.241 e. The number of pyridine rings is 1. The van der Waals surface area contributed by atoms with Gasteiger partial charge in [0.15, 0.2) is 5.82 Å². The molecule has 1 heterocycles. The van der Waals surface area contributed by atoms with Gasteiger partial charge in [0.1, 0.15) is 0 Å². The molecule has 0 saturated carbocycles. The first-order chi connectivity index (χ1) is 8.41. The van der Waals surface area contributed by atoms with Crippen molar-refractivity contribution >= 4 is 21.8 Å². The van der Waals surface area contributed by atoms with Gasteiger partial charge in [0.05, 0.1) is 0 Å². The summed E-state index contributed by atoms with van der Waals surface area (Å²) >= 11 is 1.65. The lowest BCUT2D eigenvalue weighted by molar-refractivity contribution is 0.377. The van der Waals surface area contributed by atoms with Crippen LogP contribution < -0.4 is 0 Å². The molecule has 18 heavy (non-hydrogen) atoms. The van der Waals surface area contributed by atoms with E-state index in [1.54, 1.807) is 18.7 Å². The normalized spacial score (nSPS) is 13.8. The van der Waals surface area contributed by atoms with E-state index in [9.17, 15) is 12.8 Å². The fourth-order valence-corrected chi connectivity index (χ4v) is 3.34. The van der Waals surface area contributed by atoms with Gasteiger partial charge in [0, 0.05) is 19.3 Å². The van der Waals surface area contributed by atoms with Crippen molar-refractivity contribution < 1.29 is 12.8 Å². The van der Waals surface area contributed by atoms with Crippen LogP contribution in [-0.4, -0.2) is 42.8 Å². The highest BCUT2D eigenvalue weighted by molar-refractivity contribution is 7.98. The van der Waals surface area contributed by atoms with Gasteiger partial charge in [-0.1, -0.05) is 0 Å². The molecule has 0 N–H and O–H groups in total. The minimum atomic E-state index is -3.86. The van der Waals surface area contributed by atoms with Crippen LogP contribution in [0, 0.1) is 5.82 Å². The molecule has 0 aliphatic rings. The molecule has 0 fully saturated rings. The molecule has 0 aliphatic carbocycles. The average Bonchev–Trinajstić information content (AvgIpc) is 2.35. The van der Waals surface area contributed by atoms with E-state index >= 15 is 0 Å². The zero-order chi connectivity index (χ0) is 13.8. The van der Waals surface area contributed by atoms with Crippen LogP contribution in [0.5, 0.6) is 0 Å². The topological polar surface area (TPSA) is 50.3 Å². The molecule has 102 valence electrons. The van der Waals surface area contributed by atoms with Crippen molar-refractivity contribution in [2.24, 2.45) is 0 Å². The maximum absolute atomic E-state index is 13.5. The summed E-state index contributed by atoms with van der Waals surface area (Å²) < 4.78 is 39.0. The van der Waals surface area contributed by atoms with Gasteiger partial charge in [-0.25, -0.2) is 17.8 Å². The first kappa shape index (κ1) is 15.4. The van der Waals surface area contributed by atoms with E-state index < -0.39 is 20.9 Å². The second kappa shape index (κ2) is 6.49. The molecular weight excluding hydrogens is 275 g/mol. The van der Waals surface area contributed by atoms with Crippen LogP contribution in [0.4, 0.5) is 4.39 Å². The van der Waals surface area contributed by atoms with Gasteiger partial charge in [-0.3, -0.25) is 0 Å². The number of hydrogen-bond donors (Lipinski definition) is 0. The monoisotopic (exact) mass is 292 g/mol. The van der Waals surface area contributed by atoms with E-state index in [-0.39, 0.29) is 6.04 Å². The van der Waals surface area contributed by atoms with E-state index in [2.05, 4.69) is 4.98 Å². The predicted octanol–water partition coefficient (Wildman–Crippen LogP) is 1.98. The van der Waals surface area contributed by atoms with Crippen LogP contribution in [0.3, 0.4) is 0 Å². The summed E-state index contributed by atoms with van der Waals surface area (Å²) in [4.78, 5) is 3.62. The first-order valence-corrected chi connectivity index (χ1v) is 8.32. The highest BCUT2D eigenvalue weighted by atomic mass is 32.2. The minimum absolute atomic E-state index is 0.191. The van der Waals surface area contributed by atoms with Gasteiger partial charge in [-0.2, -0.15) is 16.1 Å². The van der Waals surface area contributed by atoms with Crippen molar-refractivity contribution in [3.63, 3.8) is 0 Å². The van der Waals surface area contributed by atoms with Gasteiger partial charge in [-0.15, -0.1) is 0 Å². The van der Waals surface area contributed by atoms with E-state index in [4.69, 9.17) is 0 Å². The highest BCUT2D eigenvalue weighted by Crippen LogP contribution is 2.18. The SMILES string of the molecule is CSCCC(C)N(C)S(=O)(=O)c1ncccc1F. The number of nitrogens with zero attached hydrogens (tertiary/aromatic N) is 2. The summed E-state index contributed by atoms with van der Waals surface area (Å²) in [6.45, 7) is 1.80. The Morgan fingerprint density at radius 2 is 2.22 bits per heavy atom. The molecule has 0 bridgehead atoms. The van der Waals surface area contributed by atoms with Crippen LogP contribution >= 0.6 is 11.8 Å². The van der Waals surface area contributed by atoms with Crippen LogP contribution in [0.1, 0.15) is 13.3 Å². The molecule has 0 aliphatic heterocycles. The standard InChI is InChI=1S/C11H17FN2O2S2/c1-9(6-8-17-3)14(2)18(15,16)11-10(12)5-4-7-13-11/h4-5,7,9H,6,8H2,1-3H3. The van der Waals surface area contributed by atoms with E-state index in [0.717, 1.165) is 11.8 Å². The summed E-state index contributed by atoms with van der Waals surface area (Å²) in [6, 6.07) is 2.27. The van der Waals surface area contributed by atoms with Crippen molar-refractivity contribution in [2.45, 2.75) is 24.4 Å². The number of hydrogen-bond acceptors (Lipinski definition) is 4. The number of rotatable bonds is 6. The highest BCUT2D eigenvalue weighted by Gasteiger charge is 2.28. The molecule has 0 amide bonds. The van der Waals surface area contributed by atoms with Crippen molar-refractivity contribution in [3.05, 3.63) is 24.1 Å². The second-order valence-corrected chi connectivity index (χ2v) is 6.84. The Morgan fingerprint density at radius 1 is 1.56 bits per heavy atom. The number of thioether (sulfide) groups is 1. The molecule has 1 unspecified atom stereocenters. The van der Waals surface area contributed by atoms with Crippen molar-refractivity contribution in [1.82, 2.24) is 9.29 Å². The Hall–Kier alpha value is -0.660. The van der Waals surface area contributed by atoms with Crippen LogP contribution in [0.15, 0.2) is 23.4 Å². The maximum atomic E-state index is 13.5. The van der Waals surface area contributed by atoms with E-state index in [0.29, 0.717) is 6.42 Å². The van der Waals surface area contributed by atoms with E-state index in [1.807, 2.05) is 6.26 Å². The van der Waals surface area contributed by atoms with Crippen molar-refractivity contribution in [2.75, 3.05) is 19.1 Å². The van der Waals surface area contributed by atoms with Crippen molar-refractivity contribution in [1.29, 1.82) is 0 Å². The Labute approximate surface area is 112 Å². The average molecular weight is 292 g/mol. The molecule has 4 nitrogen and oxygen atoms in total. The van der Waals surface area contributed by atoms with E-state index in [1.165, 1.54) is 23.6 Å². The van der Waals surface area contributed by atoms with Crippen LogP contribution in [-0.2, 0) is 10.0 Å². The van der Waals surface area contributed by atoms with Gasteiger partial charge in [0.2, 0.25) is 5.03 Å². The molecule has 0 radical (unpaired) electrons. The predicted molar refractivity (Wildman–Crippen MR) is 71.6 cm³/mol. The lowest BCUT2D eigenvalue weighted by Crippen LogP contribution is -2.36. The molecule has 1 atom stereocenters. The second-order valence-electron chi connectivity index (χ2n) is 3.94. The zero-order valence-corrected chi connectivity index (χ0v) is 12.3. The Kier molecular flexibility index (Phi) is 5.55. The Balaban J connectivity index is 2.97. The van der Waals surface area contributed by atoms with Gasteiger partial charge in [-0.05, 0) is 37.5 Å². The Morgan fingerprint density at radius 3 is 2.78 bits per heavy atom. The third-order valence-corrected chi connectivity index (χ3v) is 5.26. The summed E-state index contributed by atoms with van der Waals surface area (Å²) in [5.41, 5.74) is 0. The summed E-state index contributed by atoms with van der Waals surface area (Å²) in [5.74, 6) is 0.0348. The summed E-state index contributed by atoms with van der Waals surface area (Å²) in [5, 5.41) is -0.511. The summed E-state index contributed by atoms with van der Waals surface area (Å²) in [7, 11) is -2.41. The molecule has 1 aromatic heterocycles. The fraction of sp³-hybridized carbons (Fsp3) is 0.545.